The fourth-order valence-electron chi connectivity index (χ4n) is 2.94. The molecule has 0 saturated carbocycles. The maximum Gasteiger partial charge on any atom is 0.0916 e. The maximum atomic E-state index is 10.3. The van der Waals surface area contributed by atoms with E-state index in [1.54, 1.807) is 0 Å². The minimum absolute atomic E-state index is 0.376. The van der Waals surface area contributed by atoms with Crippen LogP contribution in [0.1, 0.15) is 16.5 Å². The molecular formula is C18H24N2OS. The molecule has 0 radical (unpaired) electrons. The van der Waals surface area contributed by atoms with Crippen LogP contribution < -0.4 is 0 Å². The molecule has 0 bridgehead atoms. The highest BCUT2D eigenvalue weighted by Gasteiger charge is 2.19. The molecule has 1 N–H and O–H groups in total. The van der Waals surface area contributed by atoms with Crippen LogP contribution in [-0.2, 0) is 6.42 Å². The average Bonchev–Trinajstić information content (AvgIpc) is 3.08. The van der Waals surface area contributed by atoms with Crippen LogP contribution in [0, 0.1) is 0 Å². The minimum atomic E-state index is -0.376. The van der Waals surface area contributed by atoms with Crippen LogP contribution in [0.2, 0.25) is 0 Å². The Morgan fingerprint density at radius 2 is 1.68 bits per heavy atom. The summed E-state index contributed by atoms with van der Waals surface area (Å²) < 4.78 is 0. The molecule has 1 saturated heterocycles. The van der Waals surface area contributed by atoms with Gasteiger partial charge in [0.25, 0.3) is 0 Å². The van der Waals surface area contributed by atoms with Crippen molar-refractivity contribution in [1.82, 2.24) is 9.80 Å². The Balaban J connectivity index is 1.40. The van der Waals surface area contributed by atoms with Crippen molar-refractivity contribution in [2.24, 2.45) is 0 Å². The Kier molecular flexibility index (Phi) is 5.62. The van der Waals surface area contributed by atoms with Crippen molar-refractivity contribution >= 4 is 11.3 Å². The summed E-state index contributed by atoms with van der Waals surface area (Å²) >= 11 is 1.85. The molecule has 1 fully saturated rings. The van der Waals surface area contributed by atoms with E-state index in [0.29, 0.717) is 0 Å². The van der Waals surface area contributed by atoms with E-state index >= 15 is 0 Å². The molecule has 1 unspecified atom stereocenters. The first-order valence-corrected chi connectivity index (χ1v) is 8.89. The third-order valence-electron chi connectivity index (χ3n) is 4.33. The van der Waals surface area contributed by atoms with Crippen molar-refractivity contribution in [3.63, 3.8) is 0 Å². The first kappa shape index (κ1) is 15.7. The first-order chi connectivity index (χ1) is 10.8. The molecule has 0 amide bonds. The van der Waals surface area contributed by atoms with Gasteiger partial charge in [0.2, 0.25) is 0 Å². The Morgan fingerprint density at radius 3 is 2.36 bits per heavy atom. The number of thiophene rings is 1. The molecule has 3 nitrogen and oxygen atoms in total. The molecule has 1 aromatic heterocycles. The van der Waals surface area contributed by atoms with Crippen LogP contribution in [0.15, 0.2) is 47.8 Å². The normalized spacial score (nSPS) is 18.4. The highest BCUT2D eigenvalue weighted by Crippen LogP contribution is 2.15. The van der Waals surface area contributed by atoms with Crippen molar-refractivity contribution < 1.29 is 5.11 Å². The van der Waals surface area contributed by atoms with Crippen molar-refractivity contribution in [2.75, 3.05) is 39.3 Å². The van der Waals surface area contributed by atoms with E-state index in [1.165, 1.54) is 4.88 Å². The van der Waals surface area contributed by atoms with Crippen LogP contribution in [0.4, 0.5) is 0 Å². The fraction of sp³-hybridized carbons (Fsp3) is 0.444. The lowest BCUT2D eigenvalue weighted by Gasteiger charge is -2.35. The van der Waals surface area contributed by atoms with Gasteiger partial charge in [-0.05, 0) is 23.4 Å². The zero-order chi connectivity index (χ0) is 15.2. The Morgan fingerprint density at radius 1 is 0.955 bits per heavy atom. The second-order valence-electron chi connectivity index (χ2n) is 5.90. The van der Waals surface area contributed by atoms with E-state index in [4.69, 9.17) is 0 Å². The molecule has 118 valence electrons. The van der Waals surface area contributed by atoms with Gasteiger partial charge in [0.15, 0.2) is 0 Å². The van der Waals surface area contributed by atoms with E-state index in [1.807, 2.05) is 41.7 Å². The maximum absolute atomic E-state index is 10.3. The van der Waals surface area contributed by atoms with Crippen LogP contribution >= 0.6 is 11.3 Å². The number of β-amino-alcohol motifs (C(OH)–C–C–N with tert-alkyl or cyclic N) is 1. The van der Waals surface area contributed by atoms with Gasteiger partial charge in [-0.1, -0.05) is 36.4 Å². The number of rotatable bonds is 6. The van der Waals surface area contributed by atoms with Gasteiger partial charge in [0.1, 0.15) is 0 Å². The lowest BCUT2D eigenvalue weighted by Crippen LogP contribution is -2.47. The van der Waals surface area contributed by atoms with Crippen molar-refractivity contribution in [3.05, 3.63) is 58.3 Å². The van der Waals surface area contributed by atoms with Gasteiger partial charge in [-0.3, -0.25) is 4.90 Å². The molecule has 3 rings (SSSR count). The number of hydrogen-bond donors (Lipinski definition) is 1. The van der Waals surface area contributed by atoms with E-state index < -0.39 is 0 Å². The van der Waals surface area contributed by atoms with Gasteiger partial charge in [0.05, 0.1) is 6.10 Å². The summed E-state index contributed by atoms with van der Waals surface area (Å²) in [5, 5.41) is 12.5. The van der Waals surface area contributed by atoms with Gasteiger partial charge in [0, 0.05) is 44.1 Å². The summed E-state index contributed by atoms with van der Waals surface area (Å²) in [7, 11) is 0. The summed E-state index contributed by atoms with van der Waals surface area (Å²) in [6.07, 6.45) is 0.781. The molecule has 4 heteroatoms. The molecule has 2 aromatic rings. The molecule has 0 aliphatic carbocycles. The first-order valence-electron chi connectivity index (χ1n) is 8.01. The van der Waals surface area contributed by atoms with E-state index in [2.05, 4.69) is 27.3 Å². The predicted molar refractivity (Wildman–Crippen MR) is 92.3 cm³/mol. The van der Waals surface area contributed by atoms with E-state index in [9.17, 15) is 5.11 Å². The second kappa shape index (κ2) is 7.88. The summed E-state index contributed by atoms with van der Waals surface area (Å²) in [4.78, 5) is 6.38. The van der Waals surface area contributed by atoms with Crippen molar-refractivity contribution in [3.8, 4) is 0 Å². The lowest BCUT2D eigenvalue weighted by molar-refractivity contribution is 0.0730. The predicted octanol–water partition coefficient (Wildman–Crippen LogP) is 2.64. The van der Waals surface area contributed by atoms with Crippen LogP contribution in [0.5, 0.6) is 0 Å². The second-order valence-corrected chi connectivity index (χ2v) is 6.93. The van der Waals surface area contributed by atoms with Gasteiger partial charge >= 0.3 is 0 Å². The van der Waals surface area contributed by atoms with Crippen LogP contribution in [0.3, 0.4) is 0 Å². The number of hydrogen-bond acceptors (Lipinski definition) is 4. The zero-order valence-corrected chi connectivity index (χ0v) is 13.7. The molecule has 1 aliphatic heterocycles. The topological polar surface area (TPSA) is 26.7 Å². The molecule has 2 heterocycles. The van der Waals surface area contributed by atoms with Crippen molar-refractivity contribution in [2.45, 2.75) is 12.5 Å². The third kappa shape index (κ3) is 4.40. The Bertz CT molecular complexity index is 535. The number of piperazine rings is 1. The number of aliphatic hydroxyl groups is 1. The quantitative estimate of drug-likeness (QED) is 0.887. The van der Waals surface area contributed by atoms with Gasteiger partial charge in [-0.15, -0.1) is 11.3 Å². The van der Waals surface area contributed by atoms with Crippen molar-refractivity contribution in [1.29, 1.82) is 0 Å². The van der Waals surface area contributed by atoms with Crippen LogP contribution in [-0.4, -0.2) is 54.2 Å². The highest BCUT2D eigenvalue weighted by atomic mass is 32.1. The number of nitrogens with zero attached hydrogens (tertiary/aromatic N) is 2. The molecule has 0 spiro atoms. The van der Waals surface area contributed by atoms with Gasteiger partial charge in [-0.2, -0.15) is 0 Å². The zero-order valence-electron chi connectivity index (χ0n) is 12.9. The fourth-order valence-corrected chi connectivity index (χ4v) is 3.64. The molecule has 22 heavy (non-hydrogen) atoms. The van der Waals surface area contributed by atoms with Gasteiger partial charge in [-0.25, -0.2) is 0 Å². The molecule has 1 aliphatic rings. The smallest absolute Gasteiger partial charge is 0.0916 e. The van der Waals surface area contributed by atoms with Crippen LogP contribution in [0.25, 0.3) is 0 Å². The summed E-state index contributed by atoms with van der Waals surface area (Å²) in [5.74, 6) is 0. The van der Waals surface area contributed by atoms with E-state index in [0.717, 1.165) is 51.3 Å². The SMILES string of the molecule is OC(CN1CCN(CCc2cccs2)CC1)c1ccccc1. The average molecular weight is 316 g/mol. The Hall–Kier alpha value is -1.20. The number of benzene rings is 1. The summed E-state index contributed by atoms with van der Waals surface area (Å²) in [5.41, 5.74) is 1.02. The third-order valence-corrected chi connectivity index (χ3v) is 5.27. The number of aliphatic hydroxyl groups excluding tert-OH is 1. The van der Waals surface area contributed by atoms with Gasteiger partial charge < -0.3 is 10.0 Å². The Labute approximate surface area is 136 Å². The monoisotopic (exact) mass is 316 g/mol. The summed E-state index contributed by atoms with van der Waals surface area (Å²) in [6.45, 7) is 6.20. The largest absolute Gasteiger partial charge is 0.387 e. The molecular weight excluding hydrogens is 292 g/mol. The molecule has 1 atom stereocenters. The lowest BCUT2D eigenvalue weighted by atomic mass is 10.1. The highest BCUT2D eigenvalue weighted by molar-refractivity contribution is 7.09. The standard InChI is InChI=1S/C18H24N2OS/c21-18(16-5-2-1-3-6-16)15-20-12-10-19(11-13-20)9-8-17-7-4-14-22-17/h1-7,14,18,21H,8-13,15H2. The molecule has 1 aromatic carbocycles. The van der Waals surface area contributed by atoms with E-state index in [-0.39, 0.29) is 6.10 Å². The minimum Gasteiger partial charge on any atom is -0.387 e. The summed E-state index contributed by atoms with van der Waals surface area (Å²) in [6, 6.07) is 14.3.